The molecule has 0 bridgehead atoms. The van der Waals surface area contributed by atoms with Gasteiger partial charge in [-0.05, 0) is 48.0 Å². The molecule has 0 aromatic heterocycles. The molecule has 0 aliphatic rings. The highest BCUT2D eigenvalue weighted by molar-refractivity contribution is 6.33. The van der Waals surface area contributed by atoms with Crippen molar-refractivity contribution < 1.29 is 19.1 Å². The minimum absolute atomic E-state index is 0.190. The van der Waals surface area contributed by atoms with E-state index in [2.05, 4.69) is 10.5 Å². The molecule has 0 unspecified atom stereocenters. The lowest BCUT2D eigenvalue weighted by atomic mass is 10.0. The van der Waals surface area contributed by atoms with Crippen LogP contribution >= 0.6 is 11.6 Å². The minimum atomic E-state index is -0.592. The Labute approximate surface area is 201 Å². The molecule has 4 rings (SSSR count). The maximum absolute atomic E-state index is 12.7. The van der Waals surface area contributed by atoms with Crippen LogP contribution in [0, 0.1) is 6.92 Å². The SMILES string of the molecule is Cc1ccc(OCC(=O)NN=Cc2c(OC(=O)c3ccccc3Cl)ccc3ccccc23)cc1. The van der Waals surface area contributed by atoms with Crippen molar-refractivity contribution in [1.29, 1.82) is 0 Å². The van der Waals surface area contributed by atoms with Gasteiger partial charge in [0.1, 0.15) is 11.5 Å². The number of fused-ring (bicyclic) bond motifs is 1. The van der Waals surface area contributed by atoms with Crippen molar-refractivity contribution in [3.05, 3.63) is 107 Å². The summed E-state index contributed by atoms with van der Waals surface area (Å²) in [7, 11) is 0. The molecule has 0 atom stereocenters. The lowest BCUT2D eigenvalue weighted by Crippen LogP contribution is -2.24. The van der Waals surface area contributed by atoms with Gasteiger partial charge in [0.2, 0.25) is 0 Å². The van der Waals surface area contributed by atoms with Crippen molar-refractivity contribution in [2.75, 3.05) is 6.61 Å². The number of nitrogens with zero attached hydrogens (tertiary/aromatic N) is 1. The Balaban J connectivity index is 1.51. The zero-order chi connectivity index (χ0) is 23.9. The molecular formula is C27H21ClN2O4. The quantitative estimate of drug-likeness (QED) is 0.165. The van der Waals surface area contributed by atoms with Crippen LogP contribution in [0.5, 0.6) is 11.5 Å². The summed E-state index contributed by atoms with van der Waals surface area (Å²) >= 11 is 6.13. The first-order valence-electron chi connectivity index (χ1n) is 10.5. The second-order valence-electron chi connectivity index (χ2n) is 7.46. The van der Waals surface area contributed by atoms with E-state index in [0.29, 0.717) is 16.3 Å². The maximum atomic E-state index is 12.7. The summed E-state index contributed by atoms with van der Waals surface area (Å²) < 4.78 is 11.1. The first kappa shape index (κ1) is 23.0. The summed E-state index contributed by atoms with van der Waals surface area (Å²) in [5.41, 5.74) is 4.33. The Kier molecular flexibility index (Phi) is 7.20. The summed E-state index contributed by atoms with van der Waals surface area (Å²) in [6.45, 7) is 1.78. The van der Waals surface area contributed by atoms with Gasteiger partial charge in [-0.1, -0.05) is 71.8 Å². The van der Waals surface area contributed by atoms with E-state index in [1.807, 2.05) is 49.4 Å². The number of nitrogens with one attached hydrogen (secondary N) is 1. The van der Waals surface area contributed by atoms with Crippen molar-refractivity contribution in [3.8, 4) is 11.5 Å². The van der Waals surface area contributed by atoms with Crippen molar-refractivity contribution >= 4 is 40.5 Å². The molecule has 170 valence electrons. The lowest BCUT2D eigenvalue weighted by molar-refractivity contribution is -0.123. The number of halogens is 1. The predicted octanol–water partition coefficient (Wildman–Crippen LogP) is 5.55. The molecule has 4 aromatic carbocycles. The number of esters is 1. The van der Waals surface area contributed by atoms with Crippen LogP contribution in [0.15, 0.2) is 90.0 Å². The van der Waals surface area contributed by atoms with Crippen LogP contribution in [0.25, 0.3) is 10.8 Å². The van der Waals surface area contributed by atoms with Gasteiger partial charge in [-0.25, -0.2) is 10.2 Å². The second kappa shape index (κ2) is 10.6. The van der Waals surface area contributed by atoms with Crippen LogP contribution in [0.1, 0.15) is 21.5 Å². The summed E-state index contributed by atoms with van der Waals surface area (Å²) in [5, 5.41) is 6.08. The van der Waals surface area contributed by atoms with Crippen LogP contribution in [-0.4, -0.2) is 24.7 Å². The molecule has 0 spiro atoms. The number of aryl methyl sites for hydroxylation is 1. The highest BCUT2D eigenvalue weighted by Crippen LogP contribution is 2.28. The van der Waals surface area contributed by atoms with Crippen LogP contribution < -0.4 is 14.9 Å². The van der Waals surface area contributed by atoms with E-state index in [1.54, 1.807) is 42.5 Å². The van der Waals surface area contributed by atoms with E-state index in [1.165, 1.54) is 6.21 Å². The first-order chi connectivity index (χ1) is 16.5. The van der Waals surface area contributed by atoms with Crippen LogP contribution in [0.2, 0.25) is 5.02 Å². The van der Waals surface area contributed by atoms with Crippen molar-refractivity contribution in [1.82, 2.24) is 5.43 Å². The maximum Gasteiger partial charge on any atom is 0.345 e. The number of ether oxygens (including phenoxy) is 2. The molecule has 4 aromatic rings. The Bertz CT molecular complexity index is 1370. The van der Waals surface area contributed by atoms with E-state index in [0.717, 1.165) is 16.3 Å². The molecular weight excluding hydrogens is 452 g/mol. The normalized spacial score (nSPS) is 10.9. The van der Waals surface area contributed by atoms with Gasteiger partial charge in [-0.2, -0.15) is 5.10 Å². The van der Waals surface area contributed by atoms with Gasteiger partial charge in [0, 0.05) is 5.56 Å². The molecule has 0 saturated carbocycles. The van der Waals surface area contributed by atoms with Crippen molar-refractivity contribution in [2.24, 2.45) is 5.10 Å². The lowest BCUT2D eigenvalue weighted by Gasteiger charge is -2.11. The number of hydrogen-bond donors (Lipinski definition) is 1. The predicted molar refractivity (Wildman–Crippen MR) is 133 cm³/mol. The standard InChI is InChI=1S/C27H21ClN2O4/c1-18-10-13-20(14-11-18)33-17-26(31)30-29-16-23-21-7-3-2-6-19(21)12-15-25(23)34-27(32)22-8-4-5-9-24(22)28/h2-16H,17H2,1H3,(H,30,31). The number of carbonyl (C=O) groups is 2. The molecule has 0 aliphatic carbocycles. The van der Waals surface area contributed by atoms with Crippen LogP contribution in [0.4, 0.5) is 0 Å². The van der Waals surface area contributed by atoms with Gasteiger partial charge in [-0.3, -0.25) is 4.79 Å². The average Bonchev–Trinajstić information content (AvgIpc) is 2.85. The Hall–Kier alpha value is -4.16. The Morgan fingerprint density at radius 1 is 0.941 bits per heavy atom. The third kappa shape index (κ3) is 5.60. The van der Waals surface area contributed by atoms with Gasteiger partial charge >= 0.3 is 5.97 Å². The zero-order valence-electron chi connectivity index (χ0n) is 18.3. The highest BCUT2D eigenvalue weighted by Gasteiger charge is 2.15. The monoisotopic (exact) mass is 472 g/mol. The van der Waals surface area contributed by atoms with E-state index in [9.17, 15) is 9.59 Å². The fourth-order valence-corrected chi connectivity index (χ4v) is 3.48. The van der Waals surface area contributed by atoms with E-state index < -0.39 is 11.9 Å². The van der Waals surface area contributed by atoms with Gasteiger partial charge < -0.3 is 9.47 Å². The summed E-state index contributed by atoms with van der Waals surface area (Å²) in [5.74, 6) is -0.136. The van der Waals surface area contributed by atoms with E-state index >= 15 is 0 Å². The highest BCUT2D eigenvalue weighted by atomic mass is 35.5. The van der Waals surface area contributed by atoms with Gasteiger partial charge in [0.05, 0.1) is 16.8 Å². The molecule has 34 heavy (non-hydrogen) atoms. The number of amides is 1. The van der Waals surface area contributed by atoms with Crippen LogP contribution in [0.3, 0.4) is 0 Å². The summed E-state index contributed by atoms with van der Waals surface area (Å²) in [6.07, 6.45) is 1.45. The largest absolute Gasteiger partial charge is 0.484 e. The summed E-state index contributed by atoms with van der Waals surface area (Å²) in [6, 6.07) is 25.2. The van der Waals surface area contributed by atoms with Crippen molar-refractivity contribution in [2.45, 2.75) is 6.92 Å². The summed E-state index contributed by atoms with van der Waals surface area (Å²) in [4.78, 5) is 24.9. The third-order valence-electron chi connectivity index (χ3n) is 5.00. The Morgan fingerprint density at radius 3 is 2.47 bits per heavy atom. The van der Waals surface area contributed by atoms with Gasteiger partial charge in [0.15, 0.2) is 6.61 Å². The topological polar surface area (TPSA) is 77.0 Å². The fraction of sp³-hybridized carbons (Fsp3) is 0.0741. The number of hydrogen-bond acceptors (Lipinski definition) is 5. The molecule has 7 heteroatoms. The van der Waals surface area contributed by atoms with E-state index in [-0.39, 0.29) is 17.9 Å². The van der Waals surface area contributed by atoms with Gasteiger partial charge in [0.25, 0.3) is 5.91 Å². The molecule has 0 saturated heterocycles. The molecule has 6 nitrogen and oxygen atoms in total. The number of carbonyl (C=O) groups excluding carboxylic acids is 2. The zero-order valence-corrected chi connectivity index (χ0v) is 19.1. The number of rotatable bonds is 7. The number of hydrazone groups is 1. The molecule has 0 fully saturated rings. The fourth-order valence-electron chi connectivity index (χ4n) is 3.26. The van der Waals surface area contributed by atoms with Crippen molar-refractivity contribution in [3.63, 3.8) is 0 Å². The van der Waals surface area contributed by atoms with Gasteiger partial charge in [-0.15, -0.1) is 0 Å². The van der Waals surface area contributed by atoms with E-state index in [4.69, 9.17) is 21.1 Å². The minimum Gasteiger partial charge on any atom is -0.484 e. The Morgan fingerprint density at radius 2 is 1.68 bits per heavy atom. The first-order valence-corrected chi connectivity index (χ1v) is 10.9. The third-order valence-corrected chi connectivity index (χ3v) is 5.33. The number of benzene rings is 4. The molecule has 0 aliphatic heterocycles. The molecule has 1 N–H and O–H groups in total. The molecule has 0 heterocycles. The van der Waals surface area contributed by atoms with Crippen LogP contribution in [-0.2, 0) is 4.79 Å². The average molecular weight is 473 g/mol. The smallest absolute Gasteiger partial charge is 0.345 e. The second-order valence-corrected chi connectivity index (χ2v) is 7.87. The molecule has 1 amide bonds. The molecule has 0 radical (unpaired) electrons.